The van der Waals surface area contributed by atoms with Crippen molar-refractivity contribution in [2.45, 2.75) is 6.92 Å². The SMILES string of the molecule is Cc1nccnc1-c1cnc2c(Cl)cccn12. The molecule has 3 aromatic rings. The second-order valence-electron chi connectivity index (χ2n) is 3.68. The first-order valence-corrected chi connectivity index (χ1v) is 5.55. The lowest BCUT2D eigenvalue weighted by Crippen LogP contribution is -1.94. The van der Waals surface area contributed by atoms with Crippen molar-refractivity contribution in [1.29, 1.82) is 0 Å². The molecule has 0 unspecified atom stereocenters. The van der Waals surface area contributed by atoms with Crippen LogP contribution in [-0.2, 0) is 0 Å². The summed E-state index contributed by atoms with van der Waals surface area (Å²) in [5.74, 6) is 0. The summed E-state index contributed by atoms with van der Waals surface area (Å²) < 4.78 is 1.92. The highest BCUT2D eigenvalue weighted by molar-refractivity contribution is 6.33. The van der Waals surface area contributed by atoms with Gasteiger partial charge in [0, 0.05) is 18.6 Å². The Morgan fingerprint density at radius 2 is 2.00 bits per heavy atom. The van der Waals surface area contributed by atoms with Gasteiger partial charge < -0.3 is 0 Å². The van der Waals surface area contributed by atoms with Crippen molar-refractivity contribution < 1.29 is 0 Å². The first-order chi connectivity index (χ1) is 8.27. The fourth-order valence-electron chi connectivity index (χ4n) is 1.81. The number of nitrogens with zero attached hydrogens (tertiary/aromatic N) is 4. The van der Waals surface area contributed by atoms with E-state index in [0.29, 0.717) is 5.02 Å². The minimum Gasteiger partial charge on any atom is -0.297 e. The van der Waals surface area contributed by atoms with Crippen molar-refractivity contribution in [2.24, 2.45) is 0 Å². The summed E-state index contributed by atoms with van der Waals surface area (Å²) in [6, 6.07) is 3.70. The smallest absolute Gasteiger partial charge is 0.156 e. The minimum atomic E-state index is 0.625. The van der Waals surface area contributed by atoms with E-state index < -0.39 is 0 Å². The lowest BCUT2D eigenvalue weighted by molar-refractivity contribution is 1.09. The highest BCUT2D eigenvalue weighted by Gasteiger charge is 2.11. The number of halogens is 1. The molecule has 4 nitrogen and oxygen atoms in total. The zero-order valence-electron chi connectivity index (χ0n) is 9.13. The fraction of sp³-hybridized carbons (Fsp3) is 0.0833. The van der Waals surface area contributed by atoms with E-state index >= 15 is 0 Å². The van der Waals surface area contributed by atoms with Gasteiger partial charge in [-0.05, 0) is 19.1 Å². The Kier molecular flexibility index (Phi) is 2.30. The zero-order valence-corrected chi connectivity index (χ0v) is 9.89. The number of hydrogen-bond acceptors (Lipinski definition) is 3. The standard InChI is InChI=1S/C12H9ClN4/c1-8-11(15-5-4-14-8)10-7-16-12-9(13)3-2-6-17(10)12/h2-7H,1H3. The summed E-state index contributed by atoms with van der Waals surface area (Å²) in [6.45, 7) is 1.92. The number of pyridine rings is 1. The van der Waals surface area contributed by atoms with Crippen LogP contribution in [0, 0.1) is 6.92 Å². The first-order valence-electron chi connectivity index (χ1n) is 5.17. The van der Waals surface area contributed by atoms with E-state index in [2.05, 4.69) is 15.0 Å². The van der Waals surface area contributed by atoms with E-state index in [4.69, 9.17) is 11.6 Å². The molecular formula is C12H9ClN4. The molecule has 0 aromatic carbocycles. The Morgan fingerprint density at radius 3 is 2.82 bits per heavy atom. The largest absolute Gasteiger partial charge is 0.297 e. The third-order valence-corrected chi connectivity index (χ3v) is 2.91. The molecule has 0 radical (unpaired) electrons. The maximum atomic E-state index is 6.08. The van der Waals surface area contributed by atoms with Gasteiger partial charge in [0.1, 0.15) is 5.69 Å². The zero-order chi connectivity index (χ0) is 11.8. The van der Waals surface area contributed by atoms with E-state index in [-0.39, 0.29) is 0 Å². The van der Waals surface area contributed by atoms with Gasteiger partial charge in [-0.15, -0.1) is 0 Å². The van der Waals surface area contributed by atoms with Crippen LogP contribution in [0.1, 0.15) is 5.69 Å². The fourth-order valence-corrected chi connectivity index (χ4v) is 2.02. The topological polar surface area (TPSA) is 43.1 Å². The molecule has 17 heavy (non-hydrogen) atoms. The maximum absolute atomic E-state index is 6.08. The van der Waals surface area contributed by atoms with Crippen LogP contribution in [0.3, 0.4) is 0 Å². The summed E-state index contributed by atoms with van der Waals surface area (Å²) in [6.07, 6.45) is 7.03. The van der Waals surface area contributed by atoms with Gasteiger partial charge in [-0.2, -0.15) is 0 Å². The van der Waals surface area contributed by atoms with Crippen LogP contribution >= 0.6 is 11.6 Å². The molecule has 0 aliphatic heterocycles. The molecule has 0 fully saturated rings. The van der Waals surface area contributed by atoms with Crippen molar-refractivity contribution in [1.82, 2.24) is 19.4 Å². The second kappa shape index (κ2) is 3.82. The van der Waals surface area contributed by atoms with Gasteiger partial charge in [0.15, 0.2) is 5.65 Å². The van der Waals surface area contributed by atoms with Crippen molar-refractivity contribution in [3.05, 3.63) is 47.6 Å². The van der Waals surface area contributed by atoms with E-state index in [1.54, 1.807) is 18.6 Å². The molecule has 84 valence electrons. The summed E-state index contributed by atoms with van der Waals surface area (Å²) in [7, 11) is 0. The second-order valence-corrected chi connectivity index (χ2v) is 4.09. The summed E-state index contributed by atoms with van der Waals surface area (Å²) in [5.41, 5.74) is 3.32. The van der Waals surface area contributed by atoms with E-state index in [1.165, 1.54) is 0 Å². The lowest BCUT2D eigenvalue weighted by atomic mass is 10.2. The van der Waals surface area contributed by atoms with Gasteiger partial charge >= 0.3 is 0 Å². The number of fused-ring (bicyclic) bond motifs is 1. The summed E-state index contributed by atoms with van der Waals surface area (Å²) in [5, 5.41) is 0.625. The molecule has 0 spiro atoms. The molecule has 0 atom stereocenters. The molecule has 3 aromatic heterocycles. The predicted octanol–water partition coefficient (Wildman–Crippen LogP) is 2.75. The molecule has 3 rings (SSSR count). The highest BCUT2D eigenvalue weighted by atomic mass is 35.5. The van der Waals surface area contributed by atoms with Crippen LogP contribution in [0.5, 0.6) is 0 Å². The molecule has 0 saturated heterocycles. The Hall–Kier alpha value is -1.94. The van der Waals surface area contributed by atoms with E-state index in [9.17, 15) is 0 Å². The Labute approximate surface area is 103 Å². The number of rotatable bonds is 1. The Morgan fingerprint density at radius 1 is 1.18 bits per heavy atom. The normalized spacial score (nSPS) is 10.9. The summed E-state index contributed by atoms with van der Waals surface area (Å²) in [4.78, 5) is 12.9. The molecule has 0 aliphatic rings. The molecule has 0 saturated carbocycles. The van der Waals surface area contributed by atoms with Crippen LogP contribution in [0.2, 0.25) is 5.02 Å². The predicted molar refractivity (Wildman–Crippen MR) is 66.0 cm³/mol. The van der Waals surface area contributed by atoms with Gasteiger partial charge in [-0.1, -0.05) is 11.6 Å². The molecule has 5 heteroatoms. The van der Waals surface area contributed by atoms with Crippen LogP contribution < -0.4 is 0 Å². The van der Waals surface area contributed by atoms with Gasteiger partial charge in [-0.25, -0.2) is 4.98 Å². The van der Waals surface area contributed by atoms with Gasteiger partial charge in [-0.3, -0.25) is 14.4 Å². The van der Waals surface area contributed by atoms with Crippen molar-refractivity contribution in [2.75, 3.05) is 0 Å². The van der Waals surface area contributed by atoms with Gasteiger partial charge in [0.25, 0.3) is 0 Å². The quantitative estimate of drug-likeness (QED) is 0.661. The third kappa shape index (κ3) is 1.57. The first kappa shape index (κ1) is 10.2. The monoisotopic (exact) mass is 244 g/mol. The third-order valence-electron chi connectivity index (χ3n) is 2.61. The van der Waals surface area contributed by atoms with Crippen molar-refractivity contribution >= 4 is 17.2 Å². The van der Waals surface area contributed by atoms with Crippen LogP contribution in [0.25, 0.3) is 17.0 Å². The van der Waals surface area contributed by atoms with Crippen molar-refractivity contribution in [3.63, 3.8) is 0 Å². The highest BCUT2D eigenvalue weighted by Crippen LogP contribution is 2.24. The lowest BCUT2D eigenvalue weighted by Gasteiger charge is -2.03. The Balaban J connectivity index is 2.33. The van der Waals surface area contributed by atoms with E-state index in [1.807, 2.05) is 29.7 Å². The number of aromatic nitrogens is 4. The maximum Gasteiger partial charge on any atom is 0.156 e. The average Bonchev–Trinajstić information content (AvgIpc) is 2.75. The number of imidazole rings is 1. The summed E-state index contributed by atoms with van der Waals surface area (Å²) >= 11 is 6.08. The molecule has 0 bridgehead atoms. The average molecular weight is 245 g/mol. The van der Waals surface area contributed by atoms with Gasteiger partial charge in [0.2, 0.25) is 0 Å². The van der Waals surface area contributed by atoms with Crippen LogP contribution in [0.15, 0.2) is 36.9 Å². The molecule has 0 amide bonds. The Bertz CT molecular complexity index is 690. The molecular weight excluding hydrogens is 236 g/mol. The van der Waals surface area contributed by atoms with Crippen LogP contribution in [0.4, 0.5) is 0 Å². The molecule has 3 heterocycles. The van der Waals surface area contributed by atoms with Gasteiger partial charge in [0.05, 0.1) is 22.6 Å². The molecule has 0 N–H and O–H groups in total. The minimum absolute atomic E-state index is 0.625. The number of hydrogen-bond donors (Lipinski definition) is 0. The van der Waals surface area contributed by atoms with E-state index in [0.717, 1.165) is 22.7 Å². The molecule has 0 aliphatic carbocycles. The van der Waals surface area contributed by atoms with Crippen molar-refractivity contribution in [3.8, 4) is 11.4 Å². The number of aryl methyl sites for hydroxylation is 1. The van der Waals surface area contributed by atoms with Crippen LogP contribution in [-0.4, -0.2) is 19.4 Å².